The van der Waals surface area contributed by atoms with Gasteiger partial charge in [0.05, 0.1) is 6.33 Å². The van der Waals surface area contributed by atoms with Crippen LogP contribution in [0.4, 0.5) is 11.4 Å². The van der Waals surface area contributed by atoms with E-state index in [-0.39, 0.29) is 16.9 Å². The van der Waals surface area contributed by atoms with Crippen LogP contribution in [0.1, 0.15) is 25.3 Å². The molecule has 1 aliphatic heterocycles. The molecule has 1 aliphatic rings. The standard InChI is InChI=1S/C20H29N5O3S/c1-5-24-13-19(21-14-24)29(27,28)25-10-8-16(9-11-25)20(26)22-17-7-6-15(2)18(12-17)23(3)4/h6-7,12-14,16H,5,8-11H2,1-4H3,(H,22,26). The number of carbonyl (C=O) groups excluding carboxylic acids is 1. The van der Waals surface area contributed by atoms with Gasteiger partial charge in [0.15, 0.2) is 5.03 Å². The van der Waals surface area contributed by atoms with E-state index in [1.165, 1.54) is 10.6 Å². The summed E-state index contributed by atoms with van der Waals surface area (Å²) >= 11 is 0. The number of nitrogens with one attached hydrogen (secondary N) is 1. The van der Waals surface area contributed by atoms with E-state index in [0.29, 0.717) is 32.5 Å². The second kappa shape index (κ2) is 8.54. The van der Waals surface area contributed by atoms with Crippen LogP contribution in [0.2, 0.25) is 0 Å². The number of amides is 1. The number of benzene rings is 1. The van der Waals surface area contributed by atoms with Gasteiger partial charge in [-0.2, -0.15) is 4.31 Å². The molecule has 0 unspecified atom stereocenters. The minimum atomic E-state index is -3.62. The Bertz CT molecular complexity index is 976. The van der Waals surface area contributed by atoms with Crippen molar-refractivity contribution in [1.82, 2.24) is 13.9 Å². The van der Waals surface area contributed by atoms with E-state index in [9.17, 15) is 13.2 Å². The highest BCUT2D eigenvalue weighted by atomic mass is 32.2. The Labute approximate surface area is 172 Å². The average molecular weight is 420 g/mol. The monoisotopic (exact) mass is 419 g/mol. The van der Waals surface area contributed by atoms with Crippen molar-refractivity contribution in [1.29, 1.82) is 0 Å². The molecule has 1 N–H and O–H groups in total. The van der Waals surface area contributed by atoms with Crippen LogP contribution >= 0.6 is 0 Å². The number of piperidine rings is 1. The zero-order chi connectivity index (χ0) is 21.2. The maximum Gasteiger partial charge on any atom is 0.262 e. The molecule has 1 aromatic carbocycles. The van der Waals surface area contributed by atoms with E-state index < -0.39 is 10.0 Å². The van der Waals surface area contributed by atoms with Crippen LogP contribution in [0.15, 0.2) is 35.7 Å². The molecule has 29 heavy (non-hydrogen) atoms. The van der Waals surface area contributed by atoms with Crippen LogP contribution < -0.4 is 10.2 Å². The minimum absolute atomic E-state index is 0.0640. The molecule has 8 nitrogen and oxygen atoms in total. The average Bonchev–Trinajstić information content (AvgIpc) is 3.19. The van der Waals surface area contributed by atoms with Crippen molar-refractivity contribution in [3.05, 3.63) is 36.3 Å². The van der Waals surface area contributed by atoms with Crippen molar-refractivity contribution in [3.8, 4) is 0 Å². The van der Waals surface area contributed by atoms with Crippen molar-refractivity contribution in [2.24, 2.45) is 5.92 Å². The molecule has 2 aromatic rings. The quantitative estimate of drug-likeness (QED) is 0.776. The maximum absolute atomic E-state index is 12.8. The lowest BCUT2D eigenvalue weighted by Crippen LogP contribution is -2.41. The summed E-state index contributed by atoms with van der Waals surface area (Å²) in [7, 11) is 0.317. The molecular formula is C20H29N5O3S. The third-order valence-electron chi connectivity index (χ3n) is 5.36. The molecule has 1 aromatic heterocycles. The van der Waals surface area contributed by atoms with Crippen molar-refractivity contribution >= 4 is 27.3 Å². The van der Waals surface area contributed by atoms with Gasteiger partial charge in [-0.15, -0.1) is 0 Å². The van der Waals surface area contributed by atoms with E-state index in [4.69, 9.17) is 0 Å². The number of rotatable bonds is 6. The second-order valence-corrected chi connectivity index (χ2v) is 9.49. The third kappa shape index (κ3) is 4.62. The fourth-order valence-electron chi connectivity index (χ4n) is 3.55. The minimum Gasteiger partial charge on any atom is -0.377 e. The maximum atomic E-state index is 12.8. The zero-order valence-corrected chi connectivity index (χ0v) is 18.2. The number of nitrogens with zero attached hydrogens (tertiary/aromatic N) is 4. The number of carbonyl (C=O) groups is 1. The number of anilines is 2. The Hall–Kier alpha value is -2.39. The molecule has 3 rings (SSSR count). The molecule has 2 heterocycles. The predicted molar refractivity (Wildman–Crippen MR) is 114 cm³/mol. The van der Waals surface area contributed by atoms with Gasteiger partial charge in [0.1, 0.15) is 0 Å². The van der Waals surface area contributed by atoms with Gasteiger partial charge in [-0.3, -0.25) is 4.79 Å². The normalized spacial score (nSPS) is 16.0. The van der Waals surface area contributed by atoms with Crippen molar-refractivity contribution in [2.45, 2.75) is 38.3 Å². The van der Waals surface area contributed by atoms with E-state index in [1.807, 2.05) is 51.0 Å². The highest BCUT2D eigenvalue weighted by Crippen LogP contribution is 2.26. The molecule has 0 atom stereocenters. The first-order valence-corrected chi connectivity index (χ1v) is 11.3. The van der Waals surface area contributed by atoms with Gasteiger partial charge < -0.3 is 14.8 Å². The number of aryl methyl sites for hydroxylation is 2. The SMILES string of the molecule is CCn1cnc(S(=O)(=O)N2CCC(C(=O)Nc3ccc(C)c(N(C)C)c3)CC2)c1. The lowest BCUT2D eigenvalue weighted by atomic mass is 9.97. The predicted octanol–water partition coefficient (Wildman–Crippen LogP) is 2.32. The van der Waals surface area contributed by atoms with Gasteiger partial charge in [0.25, 0.3) is 10.0 Å². The van der Waals surface area contributed by atoms with E-state index in [0.717, 1.165) is 16.9 Å². The van der Waals surface area contributed by atoms with Gasteiger partial charge in [0, 0.05) is 57.2 Å². The zero-order valence-electron chi connectivity index (χ0n) is 17.4. The van der Waals surface area contributed by atoms with Gasteiger partial charge in [-0.05, 0) is 44.4 Å². The first-order chi connectivity index (χ1) is 13.7. The topological polar surface area (TPSA) is 87.5 Å². The molecule has 0 aliphatic carbocycles. The number of hydrogen-bond acceptors (Lipinski definition) is 5. The molecular weight excluding hydrogens is 390 g/mol. The summed E-state index contributed by atoms with van der Waals surface area (Å²) < 4.78 is 28.7. The van der Waals surface area contributed by atoms with Crippen LogP contribution in [0, 0.1) is 12.8 Å². The molecule has 158 valence electrons. The summed E-state index contributed by atoms with van der Waals surface area (Å²) in [6, 6.07) is 5.83. The van der Waals surface area contributed by atoms with Gasteiger partial charge >= 0.3 is 0 Å². The van der Waals surface area contributed by atoms with E-state index in [2.05, 4.69) is 10.3 Å². The first-order valence-electron chi connectivity index (χ1n) is 9.83. The molecule has 0 bridgehead atoms. The molecule has 9 heteroatoms. The summed E-state index contributed by atoms with van der Waals surface area (Å²) in [5.41, 5.74) is 2.94. The van der Waals surface area contributed by atoms with Crippen LogP contribution in [0.25, 0.3) is 0 Å². The molecule has 1 amide bonds. The summed E-state index contributed by atoms with van der Waals surface area (Å²) in [5.74, 6) is -0.273. The third-order valence-corrected chi connectivity index (χ3v) is 7.15. The van der Waals surface area contributed by atoms with Crippen LogP contribution in [0.5, 0.6) is 0 Å². The number of aromatic nitrogens is 2. The van der Waals surface area contributed by atoms with Crippen LogP contribution in [0.3, 0.4) is 0 Å². The Kier molecular flexibility index (Phi) is 6.28. The second-order valence-electron chi connectivity index (χ2n) is 7.61. The van der Waals surface area contributed by atoms with Gasteiger partial charge in [-0.1, -0.05) is 6.07 Å². The van der Waals surface area contributed by atoms with Gasteiger partial charge in [-0.25, -0.2) is 13.4 Å². The fourth-order valence-corrected chi connectivity index (χ4v) is 4.95. The number of sulfonamides is 1. The summed E-state index contributed by atoms with van der Waals surface area (Å²) in [5, 5.41) is 3.05. The Balaban J connectivity index is 1.62. The molecule has 0 saturated carbocycles. The summed E-state index contributed by atoms with van der Waals surface area (Å²) in [6.07, 6.45) is 4.06. The Morgan fingerprint density at radius 3 is 2.55 bits per heavy atom. The van der Waals surface area contributed by atoms with Crippen molar-refractivity contribution in [3.63, 3.8) is 0 Å². The molecule has 1 fully saturated rings. The number of imidazole rings is 1. The van der Waals surface area contributed by atoms with Crippen LogP contribution in [-0.2, 0) is 21.4 Å². The molecule has 0 radical (unpaired) electrons. The fraction of sp³-hybridized carbons (Fsp3) is 0.500. The smallest absolute Gasteiger partial charge is 0.262 e. The Morgan fingerprint density at radius 1 is 1.28 bits per heavy atom. The first kappa shape index (κ1) is 21.3. The number of hydrogen-bond donors (Lipinski definition) is 1. The van der Waals surface area contributed by atoms with E-state index >= 15 is 0 Å². The highest BCUT2D eigenvalue weighted by molar-refractivity contribution is 7.89. The van der Waals surface area contributed by atoms with Crippen molar-refractivity contribution in [2.75, 3.05) is 37.4 Å². The molecule has 0 spiro atoms. The van der Waals surface area contributed by atoms with Crippen LogP contribution in [-0.4, -0.2) is 55.4 Å². The van der Waals surface area contributed by atoms with Gasteiger partial charge in [0.2, 0.25) is 5.91 Å². The van der Waals surface area contributed by atoms with E-state index in [1.54, 1.807) is 10.8 Å². The lowest BCUT2D eigenvalue weighted by molar-refractivity contribution is -0.120. The summed E-state index contributed by atoms with van der Waals surface area (Å²) in [6.45, 7) is 5.25. The largest absolute Gasteiger partial charge is 0.377 e. The Morgan fingerprint density at radius 2 is 1.97 bits per heavy atom. The highest BCUT2D eigenvalue weighted by Gasteiger charge is 2.33. The van der Waals surface area contributed by atoms with Crippen molar-refractivity contribution < 1.29 is 13.2 Å². The summed E-state index contributed by atoms with van der Waals surface area (Å²) in [4.78, 5) is 18.7. The molecule has 1 saturated heterocycles. The lowest BCUT2D eigenvalue weighted by Gasteiger charge is -2.30.